The smallest absolute Gasteiger partial charge is 0.410 e. The summed E-state index contributed by atoms with van der Waals surface area (Å²) in [4.78, 5) is 14.5. The highest BCUT2D eigenvalue weighted by Gasteiger charge is 2.34. The van der Waals surface area contributed by atoms with Gasteiger partial charge >= 0.3 is 6.09 Å². The Morgan fingerprint density at radius 1 is 1.13 bits per heavy atom. The summed E-state index contributed by atoms with van der Waals surface area (Å²) >= 11 is 0. The standard InChI is InChI=1S/C18H26N2O2.ClH/c21-18(22-14-15-6-2-1-3-7-15)20-13-5-4-8-17(20)16-9-11-19-12-10-16;/h1-3,6-7,16-17,19H,4-5,8-14H2;1H/t17-;/m0./s1. The van der Waals surface area contributed by atoms with E-state index in [9.17, 15) is 4.79 Å². The number of rotatable bonds is 3. The molecule has 2 heterocycles. The fourth-order valence-corrected chi connectivity index (χ4v) is 3.71. The van der Waals surface area contributed by atoms with Gasteiger partial charge in [0.1, 0.15) is 6.61 Å². The summed E-state index contributed by atoms with van der Waals surface area (Å²) in [6, 6.07) is 10.3. The van der Waals surface area contributed by atoms with Crippen LogP contribution in [0.4, 0.5) is 4.79 Å². The van der Waals surface area contributed by atoms with E-state index < -0.39 is 0 Å². The molecule has 1 aromatic rings. The van der Waals surface area contributed by atoms with Gasteiger partial charge in [-0.2, -0.15) is 0 Å². The van der Waals surface area contributed by atoms with Crippen molar-refractivity contribution in [2.24, 2.45) is 5.92 Å². The van der Waals surface area contributed by atoms with Gasteiger partial charge in [-0.25, -0.2) is 4.79 Å². The maximum absolute atomic E-state index is 12.5. The SMILES string of the molecule is Cl.O=C(OCc1ccccc1)N1CCCC[C@H]1C1CCNCC1. The molecule has 2 aliphatic heterocycles. The van der Waals surface area contributed by atoms with Gasteiger partial charge in [0.25, 0.3) is 0 Å². The van der Waals surface area contributed by atoms with Gasteiger partial charge in [-0.15, -0.1) is 12.4 Å². The van der Waals surface area contributed by atoms with Gasteiger partial charge in [-0.05, 0) is 56.7 Å². The van der Waals surface area contributed by atoms with Crippen LogP contribution in [0.5, 0.6) is 0 Å². The maximum atomic E-state index is 12.5. The first kappa shape index (κ1) is 18.1. The summed E-state index contributed by atoms with van der Waals surface area (Å²) < 4.78 is 5.56. The molecule has 2 fully saturated rings. The highest BCUT2D eigenvalue weighted by molar-refractivity contribution is 5.85. The van der Waals surface area contributed by atoms with E-state index in [2.05, 4.69) is 5.32 Å². The highest BCUT2D eigenvalue weighted by atomic mass is 35.5. The number of nitrogens with zero attached hydrogens (tertiary/aromatic N) is 1. The van der Waals surface area contributed by atoms with Crippen molar-refractivity contribution in [3.8, 4) is 0 Å². The second kappa shape index (κ2) is 9.14. The molecule has 0 unspecified atom stereocenters. The highest BCUT2D eigenvalue weighted by Crippen LogP contribution is 2.29. The van der Waals surface area contributed by atoms with Gasteiger partial charge in [0.2, 0.25) is 0 Å². The third-order valence-electron chi connectivity index (χ3n) is 4.92. The molecule has 2 aliphatic rings. The molecule has 1 atom stereocenters. The quantitative estimate of drug-likeness (QED) is 0.915. The summed E-state index contributed by atoms with van der Waals surface area (Å²) in [5.74, 6) is 0.630. The van der Waals surface area contributed by atoms with Crippen molar-refractivity contribution in [2.45, 2.75) is 44.8 Å². The Morgan fingerprint density at radius 3 is 2.61 bits per heavy atom. The number of halogens is 1. The molecule has 0 radical (unpaired) electrons. The van der Waals surface area contributed by atoms with E-state index in [-0.39, 0.29) is 18.5 Å². The average Bonchev–Trinajstić information content (AvgIpc) is 2.61. The monoisotopic (exact) mass is 338 g/mol. The summed E-state index contributed by atoms with van der Waals surface area (Å²) in [6.45, 7) is 3.37. The molecule has 0 aromatic heterocycles. The first-order valence-corrected chi connectivity index (χ1v) is 8.52. The second-order valence-corrected chi connectivity index (χ2v) is 6.38. The van der Waals surface area contributed by atoms with E-state index in [1.807, 2.05) is 35.2 Å². The summed E-state index contributed by atoms with van der Waals surface area (Å²) in [6.07, 6.45) is 5.68. The van der Waals surface area contributed by atoms with Gasteiger partial charge < -0.3 is 15.0 Å². The lowest BCUT2D eigenvalue weighted by molar-refractivity contribution is 0.0458. The Morgan fingerprint density at radius 2 is 1.87 bits per heavy atom. The van der Waals surface area contributed by atoms with E-state index >= 15 is 0 Å². The lowest BCUT2D eigenvalue weighted by Crippen LogP contribution is -2.49. The van der Waals surface area contributed by atoms with Crippen molar-refractivity contribution in [1.29, 1.82) is 0 Å². The Kier molecular flexibility index (Phi) is 7.18. The van der Waals surface area contributed by atoms with Crippen molar-refractivity contribution < 1.29 is 9.53 Å². The van der Waals surface area contributed by atoms with Crippen molar-refractivity contribution >= 4 is 18.5 Å². The van der Waals surface area contributed by atoms with E-state index in [4.69, 9.17) is 4.74 Å². The molecule has 5 heteroatoms. The Hall–Kier alpha value is -1.26. The molecule has 0 bridgehead atoms. The number of hydrogen-bond acceptors (Lipinski definition) is 3. The third kappa shape index (κ3) is 4.85. The topological polar surface area (TPSA) is 41.6 Å². The second-order valence-electron chi connectivity index (χ2n) is 6.38. The molecular formula is C18H27ClN2O2. The number of carbonyl (C=O) groups is 1. The average molecular weight is 339 g/mol. The molecule has 0 saturated carbocycles. The van der Waals surface area contributed by atoms with Gasteiger partial charge in [0.15, 0.2) is 0 Å². The van der Waals surface area contributed by atoms with Crippen LogP contribution in [0.2, 0.25) is 0 Å². The molecule has 1 N–H and O–H groups in total. The van der Waals surface area contributed by atoms with Crippen LogP contribution in [0.15, 0.2) is 30.3 Å². The molecule has 3 rings (SSSR count). The van der Waals surface area contributed by atoms with Gasteiger partial charge in [0, 0.05) is 12.6 Å². The zero-order valence-corrected chi connectivity index (χ0v) is 14.4. The Labute approximate surface area is 145 Å². The molecular weight excluding hydrogens is 312 g/mol. The summed E-state index contributed by atoms with van der Waals surface area (Å²) in [7, 11) is 0. The normalized spacial score (nSPS) is 22.3. The number of benzene rings is 1. The molecule has 0 aliphatic carbocycles. The minimum Gasteiger partial charge on any atom is -0.445 e. The molecule has 0 spiro atoms. The van der Waals surface area contributed by atoms with Crippen LogP contribution >= 0.6 is 12.4 Å². The summed E-state index contributed by atoms with van der Waals surface area (Å²) in [5.41, 5.74) is 1.05. The molecule has 128 valence electrons. The Balaban J connectivity index is 0.00000192. The number of likely N-dealkylation sites (tertiary alicyclic amines) is 1. The number of nitrogens with one attached hydrogen (secondary N) is 1. The first-order valence-electron chi connectivity index (χ1n) is 8.52. The van der Waals surface area contributed by atoms with Crippen molar-refractivity contribution in [3.63, 3.8) is 0 Å². The lowest BCUT2D eigenvalue weighted by Gasteiger charge is -2.41. The van der Waals surface area contributed by atoms with Crippen molar-refractivity contribution in [1.82, 2.24) is 10.2 Å². The van der Waals surface area contributed by atoms with E-state index in [1.165, 1.54) is 19.3 Å². The fraction of sp³-hybridized carbons (Fsp3) is 0.611. The van der Waals surface area contributed by atoms with E-state index in [0.717, 1.165) is 38.0 Å². The molecule has 2 saturated heterocycles. The minimum absolute atomic E-state index is 0. The third-order valence-corrected chi connectivity index (χ3v) is 4.92. The predicted octanol–water partition coefficient (Wildman–Crippen LogP) is 3.60. The van der Waals surface area contributed by atoms with Crippen LogP contribution in [0.1, 0.15) is 37.7 Å². The maximum Gasteiger partial charge on any atom is 0.410 e. The number of ether oxygens (including phenoxy) is 1. The molecule has 4 nitrogen and oxygen atoms in total. The number of hydrogen-bond donors (Lipinski definition) is 1. The molecule has 1 amide bonds. The van der Waals surface area contributed by atoms with Crippen LogP contribution < -0.4 is 5.32 Å². The number of amides is 1. The van der Waals surface area contributed by atoms with Crippen LogP contribution in [-0.2, 0) is 11.3 Å². The lowest BCUT2D eigenvalue weighted by atomic mass is 9.84. The van der Waals surface area contributed by atoms with E-state index in [1.54, 1.807) is 0 Å². The van der Waals surface area contributed by atoms with Gasteiger partial charge in [0.05, 0.1) is 0 Å². The minimum atomic E-state index is -0.132. The largest absolute Gasteiger partial charge is 0.445 e. The van der Waals surface area contributed by atoms with Crippen LogP contribution in [0.3, 0.4) is 0 Å². The summed E-state index contributed by atoms with van der Waals surface area (Å²) in [5, 5.41) is 3.41. The predicted molar refractivity (Wildman–Crippen MR) is 93.8 cm³/mol. The van der Waals surface area contributed by atoms with Gasteiger partial charge in [-0.3, -0.25) is 0 Å². The molecule has 23 heavy (non-hydrogen) atoms. The van der Waals surface area contributed by atoms with Crippen LogP contribution in [-0.4, -0.2) is 36.7 Å². The molecule has 1 aromatic carbocycles. The van der Waals surface area contributed by atoms with Crippen LogP contribution in [0.25, 0.3) is 0 Å². The Bertz CT molecular complexity index is 477. The van der Waals surface area contributed by atoms with Gasteiger partial charge in [-0.1, -0.05) is 30.3 Å². The van der Waals surface area contributed by atoms with Crippen molar-refractivity contribution in [2.75, 3.05) is 19.6 Å². The van der Waals surface area contributed by atoms with Crippen molar-refractivity contribution in [3.05, 3.63) is 35.9 Å². The zero-order chi connectivity index (χ0) is 15.2. The van der Waals surface area contributed by atoms with Crippen LogP contribution in [0, 0.1) is 5.92 Å². The first-order chi connectivity index (χ1) is 10.8. The fourth-order valence-electron chi connectivity index (χ4n) is 3.71. The zero-order valence-electron chi connectivity index (χ0n) is 13.6. The number of carbonyl (C=O) groups excluding carboxylic acids is 1. The number of piperidine rings is 2. The van der Waals surface area contributed by atoms with E-state index in [0.29, 0.717) is 18.6 Å².